The van der Waals surface area contributed by atoms with E-state index in [2.05, 4.69) is 10.2 Å². The number of nitriles is 1. The van der Waals surface area contributed by atoms with Crippen LogP contribution in [0.5, 0.6) is 0 Å². The summed E-state index contributed by atoms with van der Waals surface area (Å²) in [5, 5.41) is 17.1. The van der Waals surface area contributed by atoms with Crippen LogP contribution in [0.4, 0.5) is 0 Å². The zero-order valence-corrected chi connectivity index (χ0v) is 14.2. The highest BCUT2D eigenvalue weighted by Crippen LogP contribution is 2.48. The van der Waals surface area contributed by atoms with Crippen molar-refractivity contribution >= 4 is 11.7 Å². The van der Waals surface area contributed by atoms with Crippen LogP contribution >= 0.6 is 0 Å². The summed E-state index contributed by atoms with van der Waals surface area (Å²) in [7, 11) is 0. The molecule has 1 unspecified atom stereocenters. The first-order chi connectivity index (χ1) is 11.3. The summed E-state index contributed by atoms with van der Waals surface area (Å²) in [6, 6.07) is 3.76. The van der Waals surface area contributed by atoms with Crippen LogP contribution in [0.3, 0.4) is 0 Å². The molecule has 1 fully saturated rings. The number of allylic oxidation sites excluding steroid dienone is 1. The van der Waals surface area contributed by atoms with Crippen LogP contribution in [-0.2, 0) is 4.79 Å². The van der Waals surface area contributed by atoms with Gasteiger partial charge in [0.25, 0.3) is 5.91 Å². The lowest BCUT2D eigenvalue weighted by molar-refractivity contribution is -0.125. The van der Waals surface area contributed by atoms with E-state index in [-0.39, 0.29) is 22.7 Å². The molecule has 0 aromatic carbocycles. The summed E-state index contributed by atoms with van der Waals surface area (Å²) in [6.07, 6.45) is 4.79. The molecule has 6 nitrogen and oxygen atoms in total. The highest BCUT2D eigenvalue weighted by molar-refractivity contribution is 6.03. The Morgan fingerprint density at radius 3 is 2.83 bits per heavy atom. The molecular weight excluding hydrogens is 304 g/mol. The van der Waals surface area contributed by atoms with Crippen molar-refractivity contribution in [2.45, 2.75) is 33.6 Å². The minimum Gasteiger partial charge on any atom is -0.336 e. The minimum absolute atomic E-state index is 0.107. The van der Waals surface area contributed by atoms with Gasteiger partial charge in [-0.3, -0.25) is 9.59 Å². The molecule has 2 heterocycles. The SMILES string of the molecule is Cc1cnnc(C(=O)N2CCC3(C=C(C#N)C(=O)C(C)(C)C3)C2)c1. The van der Waals surface area contributed by atoms with Crippen molar-refractivity contribution in [3.63, 3.8) is 0 Å². The van der Waals surface area contributed by atoms with Gasteiger partial charge in [0.2, 0.25) is 0 Å². The molecular formula is C18H20N4O2. The molecule has 0 saturated carbocycles. The third-order valence-electron chi connectivity index (χ3n) is 4.91. The fourth-order valence-corrected chi connectivity index (χ4v) is 3.89. The van der Waals surface area contributed by atoms with Gasteiger partial charge in [-0.25, -0.2) is 0 Å². The number of hydrogen-bond acceptors (Lipinski definition) is 5. The summed E-state index contributed by atoms with van der Waals surface area (Å²) in [5.74, 6) is -0.255. The van der Waals surface area contributed by atoms with Crippen LogP contribution in [0.1, 0.15) is 42.7 Å². The maximum absolute atomic E-state index is 12.7. The molecule has 1 aromatic rings. The van der Waals surface area contributed by atoms with Crippen LogP contribution in [-0.4, -0.2) is 39.9 Å². The Kier molecular flexibility index (Phi) is 3.75. The Morgan fingerprint density at radius 1 is 1.42 bits per heavy atom. The van der Waals surface area contributed by atoms with Gasteiger partial charge in [-0.05, 0) is 31.4 Å². The summed E-state index contributed by atoms with van der Waals surface area (Å²) in [4.78, 5) is 26.7. The number of carbonyl (C=O) groups excluding carboxylic acids is 2. The lowest BCUT2D eigenvalue weighted by Gasteiger charge is -2.38. The number of rotatable bonds is 1. The first-order valence-electron chi connectivity index (χ1n) is 8.03. The highest BCUT2D eigenvalue weighted by Gasteiger charge is 2.49. The smallest absolute Gasteiger partial charge is 0.274 e. The number of nitrogens with zero attached hydrogens (tertiary/aromatic N) is 4. The second kappa shape index (κ2) is 5.52. The number of aryl methyl sites for hydroxylation is 1. The van der Waals surface area contributed by atoms with E-state index in [0.29, 0.717) is 25.2 Å². The van der Waals surface area contributed by atoms with Crippen LogP contribution in [0.25, 0.3) is 0 Å². The molecule has 0 radical (unpaired) electrons. The first kappa shape index (κ1) is 16.3. The zero-order valence-electron chi connectivity index (χ0n) is 14.2. The number of ketones is 1. The number of amides is 1. The number of Topliss-reactive ketones (excluding diaryl/α,β-unsaturated/α-hetero) is 1. The average Bonchev–Trinajstić information content (AvgIpc) is 2.93. The molecule has 1 aromatic heterocycles. The van der Waals surface area contributed by atoms with Gasteiger partial charge >= 0.3 is 0 Å². The molecule has 1 aliphatic carbocycles. The predicted molar refractivity (Wildman–Crippen MR) is 86.8 cm³/mol. The Morgan fingerprint density at radius 2 is 2.17 bits per heavy atom. The molecule has 1 amide bonds. The number of likely N-dealkylation sites (tertiary alicyclic amines) is 1. The third kappa shape index (κ3) is 2.71. The molecule has 1 atom stereocenters. The zero-order chi connectivity index (χ0) is 17.5. The Labute approximate surface area is 141 Å². The van der Waals surface area contributed by atoms with Crippen LogP contribution in [0, 0.1) is 29.1 Å². The van der Waals surface area contributed by atoms with Gasteiger partial charge in [-0.15, -0.1) is 5.10 Å². The van der Waals surface area contributed by atoms with Crippen molar-refractivity contribution in [2.75, 3.05) is 13.1 Å². The van der Waals surface area contributed by atoms with E-state index in [4.69, 9.17) is 0 Å². The summed E-state index contributed by atoms with van der Waals surface area (Å²) >= 11 is 0. The number of aromatic nitrogens is 2. The topological polar surface area (TPSA) is 86.9 Å². The molecule has 3 rings (SSSR count). The lowest BCUT2D eigenvalue weighted by atomic mass is 9.64. The van der Waals surface area contributed by atoms with Crippen molar-refractivity contribution in [1.82, 2.24) is 15.1 Å². The van der Waals surface area contributed by atoms with Gasteiger partial charge in [0.15, 0.2) is 11.5 Å². The van der Waals surface area contributed by atoms with E-state index in [0.717, 1.165) is 12.0 Å². The van der Waals surface area contributed by atoms with Gasteiger partial charge in [0.1, 0.15) is 6.07 Å². The Bertz CT molecular complexity index is 790. The summed E-state index contributed by atoms with van der Waals surface area (Å²) in [5.41, 5.74) is 0.550. The van der Waals surface area contributed by atoms with E-state index in [9.17, 15) is 14.9 Å². The minimum atomic E-state index is -0.581. The summed E-state index contributed by atoms with van der Waals surface area (Å²) in [6.45, 7) is 6.71. The predicted octanol–water partition coefficient (Wildman–Crippen LogP) is 2.07. The molecule has 124 valence electrons. The van der Waals surface area contributed by atoms with E-state index in [1.807, 2.05) is 26.8 Å². The molecule has 1 spiro atoms. The lowest BCUT2D eigenvalue weighted by Crippen LogP contribution is -2.40. The number of hydrogen-bond donors (Lipinski definition) is 0. The quantitative estimate of drug-likeness (QED) is 0.789. The van der Waals surface area contributed by atoms with Crippen molar-refractivity contribution in [1.29, 1.82) is 5.26 Å². The fraction of sp³-hybridized carbons (Fsp3) is 0.500. The van der Waals surface area contributed by atoms with E-state index in [1.165, 1.54) is 0 Å². The van der Waals surface area contributed by atoms with Crippen molar-refractivity contribution in [3.05, 3.63) is 35.2 Å². The van der Waals surface area contributed by atoms with Crippen LogP contribution < -0.4 is 0 Å². The first-order valence-corrected chi connectivity index (χ1v) is 8.03. The largest absolute Gasteiger partial charge is 0.336 e. The maximum atomic E-state index is 12.7. The molecule has 24 heavy (non-hydrogen) atoms. The van der Waals surface area contributed by atoms with E-state index in [1.54, 1.807) is 23.2 Å². The normalized spacial score (nSPS) is 25.5. The maximum Gasteiger partial charge on any atom is 0.274 e. The second-order valence-electron chi connectivity index (χ2n) is 7.52. The molecule has 0 bridgehead atoms. The fourth-order valence-electron chi connectivity index (χ4n) is 3.89. The van der Waals surface area contributed by atoms with Gasteiger partial charge in [-0.1, -0.05) is 19.9 Å². The van der Waals surface area contributed by atoms with Gasteiger partial charge in [-0.2, -0.15) is 10.4 Å². The Balaban J connectivity index is 1.87. The molecule has 0 N–H and O–H groups in total. The summed E-state index contributed by atoms with van der Waals surface area (Å²) < 4.78 is 0. The van der Waals surface area contributed by atoms with Gasteiger partial charge in [0.05, 0.1) is 11.8 Å². The standard InChI is InChI=1S/C18H20N4O2/c1-12-6-14(21-20-9-12)16(24)22-5-4-18(11-22)7-13(8-19)15(23)17(2,3)10-18/h6-7,9H,4-5,10-11H2,1-3H3. The molecule has 1 saturated heterocycles. The highest BCUT2D eigenvalue weighted by atomic mass is 16.2. The van der Waals surface area contributed by atoms with E-state index < -0.39 is 5.41 Å². The van der Waals surface area contributed by atoms with Crippen LogP contribution in [0.2, 0.25) is 0 Å². The monoisotopic (exact) mass is 324 g/mol. The van der Waals surface area contributed by atoms with Crippen molar-refractivity contribution < 1.29 is 9.59 Å². The second-order valence-corrected chi connectivity index (χ2v) is 7.52. The Hall–Kier alpha value is -2.55. The molecule has 6 heteroatoms. The average molecular weight is 324 g/mol. The van der Waals surface area contributed by atoms with Crippen molar-refractivity contribution in [2.24, 2.45) is 10.8 Å². The molecule has 2 aliphatic rings. The molecule has 1 aliphatic heterocycles. The van der Waals surface area contributed by atoms with Gasteiger partial charge < -0.3 is 4.90 Å². The van der Waals surface area contributed by atoms with Gasteiger partial charge in [0, 0.05) is 23.9 Å². The number of carbonyl (C=O) groups is 2. The van der Waals surface area contributed by atoms with Crippen molar-refractivity contribution in [3.8, 4) is 6.07 Å². The third-order valence-corrected chi connectivity index (χ3v) is 4.91. The van der Waals surface area contributed by atoms with Crippen LogP contribution in [0.15, 0.2) is 23.9 Å². The van der Waals surface area contributed by atoms with E-state index >= 15 is 0 Å².